The van der Waals surface area contributed by atoms with E-state index in [2.05, 4.69) is 0 Å². The Bertz CT molecular complexity index is 334. The molecule has 3 nitrogen and oxygen atoms in total. The van der Waals surface area contributed by atoms with E-state index in [-0.39, 0.29) is 0 Å². The predicted octanol–water partition coefficient (Wildman–Crippen LogP) is 3.10. The topological polar surface area (TPSA) is 27.7 Å². The first-order valence-electron chi connectivity index (χ1n) is 5.31. The van der Waals surface area contributed by atoms with Crippen molar-refractivity contribution in [2.24, 2.45) is 0 Å². The lowest BCUT2D eigenvalue weighted by molar-refractivity contribution is 0.0540. The van der Waals surface area contributed by atoms with Crippen LogP contribution in [0.15, 0.2) is 23.1 Å². The molecule has 5 heteroatoms. The van der Waals surface area contributed by atoms with Crippen molar-refractivity contribution >= 4 is 23.4 Å². The standard InChI is InChI=1S/C12H17ClO3S/c1-14-5-6-15-7-8-16-11-4-3-10(13)9-12(11)17-2/h3-4,9H,5-8H2,1-2H3. The Kier molecular flexibility index (Phi) is 7.44. The lowest BCUT2D eigenvalue weighted by atomic mass is 10.3. The number of ether oxygens (including phenoxy) is 3. The number of methoxy groups -OCH3 is 1. The third-order valence-electron chi connectivity index (χ3n) is 2.04. The normalized spacial score (nSPS) is 10.5. The summed E-state index contributed by atoms with van der Waals surface area (Å²) < 4.78 is 15.8. The number of hydrogen-bond donors (Lipinski definition) is 0. The molecule has 0 unspecified atom stereocenters. The second kappa shape index (κ2) is 8.64. The van der Waals surface area contributed by atoms with Crippen LogP contribution in [-0.2, 0) is 9.47 Å². The molecule has 1 rings (SSSR count). The third kappa shape index (κ3) is 5.64. The molecule has 0 aliphatic rings. The van der Waals surface area contributed by atoms with Crippen LogP contribution in [0.2, 0.25) is 5.02 Å². The number of halogens is 1. The molecule has 1 aromatic rings. The Morgan fingerprint density at radius 3 is 2.65 bits per heavy atom. The van der Waals surface area contributed by atoms with Gasteiger partial charge in [-0.15, -0.1) is 11.8 Å². The molecule has 0 aliphatic heterocycles. The van der Waals surface area contributed by atoms with E-state index < -0.39 is 0 Å². The average Bonchev–Trinajstić information content (AvgIpc) is 2.35. The van der Waals surface area contributed by atoms with Gasteiger partial charge in [0.15, 0.2) is 0 Å². The van der Waals surface area contributed by atoms with Crippen molar-refractivity contribution < 1.29 is 14.2 Å². The van der Waals surface area contributed by atoms with Crippen LogP contribution in [0.1, 0.15) is 0 Å². The fraction of sp³-hybridized carbons (Fsp3) is 0.500. The minimum Gasteiger partial charge on any atom is -0.490 e. The minimum absolute atomic E-state index is 0.527. The van der Waals surface area contributed by atoms with Gasteiger partial charge in [0, 0.05) is 12.1 Å². The van der Waals surface area contributed by atoms with Gasteiger partial charge in [-0.25, -0.2) is 0 Å². The first-order valence-corrected chi connectivity index (χ1v) is 6.91. The highest BCUT2D eigenvalue weighted by Gasteiger charge is 2.03. The zero-order valence-electron chi connectivity index (χ0n) is 10.1. The highest BCUT2D eigenvalue weighted by atomic mass is 35.5. The molecule has 0 amide bonds. The molecule has 0 saturated heterocycles. The van der Waals surface area contributed by atoms with E-state index in [1.54, 1.807) is 18.9 Å². The van der Waals surface area contributed by atoms with Gasteiger partial charge in [0.2, 0.25) is 0 Å². The Hall–Kier alpha value is -0.420. The lowest BCUT2D eigenvalue weighted by Gasteiger charge is -2.10. The molecule has 0 aliphatic carbocycles. The highest BCUT2D eigenvalue weighted by molar-refractivity contribution is 7.98. The molecule has 0 saturated carbocycles. The molecular formula is C12H17ClO3S. The van der Waals surface area contributed by atoms with Gasteiger partial charge < -0.3 is 14.2 Å². The maximum atomic E-state index is 5.91. The summed E-state index contributed by atoms with van der Waals surface area (Å²) in [6, 6.07) is 5.60. The fourth-order valence-corrected chi connectivity index (χ4v) is 2.03. The Morgan fingerprint density at radius 2 is 1.94 bits per heavy atom. The SMILES string of the molecule is COCCOCCOc1ccc(Cl)cc1SC. The zero-order chi connectivity index (χ0) is 12.5. The number of benzene rings is 1. The Morgan fingerprint density at radius 1 is 1.18 bits per heavy atom. The maximum Gasteiger partial charge on any atom is 0.133 e. The van der Waals surface area contributed by atoms with Crippen LogP contribution in [0.3, 0.4) is 0 Å². The van der Waals surface area contributed by atoms with Gasteiger partial charge in [-0.05, 0) is 24.5 Å². The van der Waals surface area contributed by atoms with E-state index in [0.29, 0.717) is 26.4 Å². The summed E-state index contributed by atoms with van der Waals surface area (Å²) in [5, 5.41) is 0.720. The number of rotatable bonds is 8. The van der Waals surface area contributed by atoms with Crippen LogP contribution < -0.4 is 4.74 Å². The van der Waals surface area contributed by atoms with E-state index in [1.165, 1.54) is 0 Å². The molecule has 17 heavy (non-hydrogen) atoms. The summed E-state index contributed by atoms with van der Waals surface area (Å²) >= 11 is 7.52. The van der Waals surface area contributed by atoms with Crippen molar-refractivity contribution in [2.45, 2.75) is 4.90 Å². The van der Waals surface area contributed by atoms with Gasteiger partial charge >= 0.3 is 0 Å². The summed E-state index contributed by atoms with van der Waals surface area (Å²) in [5.74, 6) is 0.845. The van der Waals surface area contributed by atoms with E-state index in [4.69, 9.17) is 25.8 Å². The largest absolute Gasteiger partial charge is 0.490 e. The second-order valence-corrected chi connectivity index (χ2v) is 4.53. The van der Waals surface area contributed by atoms with E-state index in [9.17, 15) is 0 Å². The quantitative estimate of drug-likeness (QED) is 0.539. The van der Waals surface area contributed by atoms with Crippen LogP contribution in [-0.4, -0.2) is 39.8 Å². The van der Waals surface area contributed by atoms with Gasteiger partial charge in [0.1, 0.15) is 12.4 Å². The molecule has 96 valence electrons. The van der Waals surface area contributed by atoms with Crippen molar-refractivity contribution in [1.82, 2.24) is 0 Å². The number of hydrogen-bond acceptors (Lipinski definition) is 4. The molecule has 1 aromatic carbocycles. The van der Waals surface area contributed by atoms with Gasteiger partial charge in [-0.1, -0.05) is 11.6 Å². The molecule has 0 aromatic heterocycles. The molecule has 0 fully saturated rings. The van der Waals surface area contributed by atoms with Crippen LogP contribution in [0.25, 0.3) is 0 Å². The first kappa shape index (κ1) is 14.6. The minimum atomic E-state index is 0.527. The van der Waals surface area contributed by atoms with Crippen molar-refractivity contribution in [2.75, 3.05) is 39.8 Å². The molecule has 0 atom stereocenters. The molecule has 0 heterocycles. The average molecular weight is 277 g/mol. The predicted molar refractivity (Wildman–Crippen MR) is 71.4 cm³/mol. The zero-order valence-corrected chi connectivity index (χ0v) is 11.6. The van der Waals surface area contributed by atoms with Crippen molar-refractivity contribution in [1.29, 1.82) is 0 Å². The van der Waals surface area contributed by atoms with Gasteiger partial charge in [0.25, 0.3) is 0 Å². The van der Waals surface area contributed by atoms with Crippen molar-refractivity contribution in [3.05, 3.63) is 23.2 Å². The summed E-state index contributed by atoms with van der Waals surface area (Å²) in [5.41, 5.74) is 0. The molecule has 0 spiro atoms. The molecular weight excluding hydrogens is 260 g/mol. The summed E-state index contributed by atoms with van der Waals surface area (Å²) in [6.45, 7) is 2.28. The molecule has 0 N–H and O–H groups in total. The van der Waals surface area contributed by atoms with Crippen molar-refractivity contribution in [3.63, 3.8) is 0 Å². The molecule has 0 bridgehead atoms. The smallest absolute Gasteiger partial charge is 0.133 e. The monoisotopic (exact) mass is 276 g/mol. The van der Waals surface area contributed by atoms with Gasteiger partial charge in [0.05, 0.1) is 24.7 Å². The summed E-state index contributed by atoms with van der Waals surface area (Å²) in [6.07, 6.45) is 1.99. The maximum absolute atomic E-state index is 5.91. The van der Waals surface area contributed by atoms with Crippen LogP contribution in [0.5, 0.6) is 5.75 Å². The summed E-state index contributed by atoms with van der Waals surface area (Å²) in [4.78, 5) is 1.04. The van der Waals surface area contributed by atoms with E-state index in [0.717, 1.165) is 15.7 Å². The molecule has 0 radical (unpaired) electrons. The third-order valence-corrected chi connectivity index (χ3v) is 3.04. The lowest BCUT2D eigenvalue weighted by Crippen LogP contribution is -2.10. The Labute approximate surface area is 111 Å². The van der Waals surface area contributed by atoms with Crippen LogP contribution >= 0.6 is 23.4 Å². The Balaban J connectivity index is 2.31. The number of thioether (sulfide) groups is 1. The second-order valence-electron chi connectivity index (χ2n) is 3.25. The van der Waals surface area contributed by atoms with Crippen LogP contribution in [0.4, 0.5) is 0 Å². The van der Waals surface area contributed by atoms with E-state index >= 15 is 0 Å². The summed E-state index contributed by atoms with van der Waals surface area (Å²) in [7, 11) is 1.65. The van der Waals surface area contributed by atoms with Crippen molar-refractivity contribution in [3.8, 4) is 5.75 Å². The van der Waals surface area contributed by atoms with Gasteiger partial charge in [-0.3, -0.25) is 0 Å². The van der Waals surface area contributed by atoms with E-state index in [1.807, 2.05) is 24.5 Å². The first-order chi connectivity index (χ1) is 8.27. The van der Waals surface area contributed by atoms with Crippen LogP contribution in [0, 0.1) is 0 Å². The fourth-order valence-electron chi connectivity index (χ4n) is 1.22. The van der Waals surface area contributed by atoms with Gasteiger partial charge in [-0.2, -0.15) is 0 Å². The highest BCUT2D eigenvalue weighted by Crippen LogP contribution is 2.30.